The molecule has 2 N–H and O–H groups in total. The number of carboxylic acid groups (broad SMARTS) is 1. The van der Waals surface area contributed by atoms with E-state index in [1.807, 2.05) is 24.3 Å². The molecule has 0 aromatic heterocycles. The van der Waals surface area contributed by atoms with Crippen LogP contribution in [0.2, 0.25) is 0 Å². The molecule has 7 heteroatoms. The maximum absolute atomic E-state index is 13.0. The fraction of sp³-hybridized carbons (Fsp3) is 0.417. The molecule has 0 amide bonds. The van der Waals surface area contributed by atoms with Gasteiger partial charge in [-0.15, -0.1) is 0 Å². The standard InChI is InChI=1S/C24H26FN3O3/c25-19-5-1-17(2-6-19)13-28-14-21-22(15-28)23(21)27-9-10-31-20-7-3-16(4-8-20)11-18(12-26)24(29)30/h1-8,18,21-23,27H,9-11,13-15H2,(H,29,30)/t18-,21-,22?,23+/m0/s1. The highest BCUT2D eigenvalue weighted by Gasteiger charge is 2.55. The number of fused-ring (bicyclic) bond motifs is 1. The molecule has 6 nitrogen and oxygen atoms in total. The van der Waals surface area contributed by atoms with E-state index in [4.69, 9.17) is 15.1 Å². The van der Waals surface area contributed by atoms with Crippen LogP contribution in [0.3, 0.4) is 0 Å². The van der Waals surface area contributed by atoms with Gasteiger partial charge in [0.15, 0.2) is 0 Å². The third kappa shape index (κ3) is 5.40. The third-order valence-electron chi connectivity index (χ3n) is 6.16. The first-order valence-electron chi connectivity index (χ1n) is 10.6. The molecule has 1 aliphatic carbocycles. The largest absolute Gasteiger partial charge is 0.492 e. The number of ether oxygens (including phenoxy) is 1. The van der Waals surface area contributed by atoms with Crippen LogP contribution in [0.4, 0.5) is 4.39 Å². The zero-order valence-electron chi connectivity index (χ0n) is 17.2. The van der Waals surface area contributed by atoms with Gasteiger partial charge in [0, 0.05) is 32.2 Å². The van der Waals surface area contributed by atoms with E-state index < -0.39 is 11.9 Å². The lowest BCUT2D eigenvalue weighted by atomic mass is 10.0. The van der Waals surface area contributed by atoms with Gasteiger partial charge in [0.25, 0.3) is 0 Å². The molecule has 2 aromatic rings. The second kappa shape index (κ2) is 9.46. The van der Waals surface area contributed by atoms with Crippen LogP contribution < -0.4 is 10.1 Å². The summed E-state index contributed by atoms with van der Waals surface area (Å²) in [7, 11) is 0. The van der Waals surface area contributed by atoms with Crippen molar-refractivity contribution in [3.63, 3.8) is 0 Å². The van der Waals surface area contributed by atoms with Crippen LogP contribution in [0.1, 0.15) is 11.1 Å². The number of nitrogens with zero attached hydrogens (tertiary/aromatic N) is 2. The fourth-order valence-electron chi connectivity index (χ4n) is 4.43. The summed E-state index contributed by atoms with van der Waals surface area (Å²) in [5, 5.41) is 21.4. The molecule has 2 aliphatic rings. The van der Waals surface area contributed by atoms with Crippen molar-refractivity contribution in [2.45, 2.75) is 19.0 Å². The van der Waals surface area contributed by atoms with Crippen molar-refractivity contribution in [1.29, 1.82) is 5.26 Å². The maximum Gasteiger partial charge on any atom is 0.321 e. The highest BCUT2D eigenvalue weighted by molar-refractivity contribution is 5.73. The van der Waals surface area contributed by atoms with E-state index in [9.17, 15) is 9.18 Å². The quantitative estimate of drug-likeness (QED) is 0.572. The number of nitrogens with one attached hydrogen (secondary N) is 1. The van der Waals surface area contributed by atoms with Gasteiger partial charge in [-0.3, -0.25) is 9.69 Å². The average molecular weight is 423 g/mol. The zero-order chi connectivity index (χ0) is 21.8. The Morgan fingerprint density at radius 2 is 1.81 bits per heavy atom. The number of piperidine rings is 1. The topological polar surface area (TPSA) is 85.6 Å². The molecule has 0 bridgehead atoms. The lowest BCUT2D eigenvalue weighted by Gasteiger charge is -2.20. The number of halogens is 1. The summed E-state index contributed by atoms with van der Waals surface area (Å²) in [6, 6.07) is 16.3. The molecule has 31 heavy (non-hydrogen) atoms. The Morgan fingerprint density at radius 1 is 1.16 bits per heavy atom. The van der Waals surface area contributed by atoms with Gasteiger partial charge in [-0.2, -0.15) is 5.26 Å². The number of benzene rings is 2. The summed E-state index contributed by atoms with van der Waals surface area (Å²) in [6.45, 7) is 4.35. The summed E-state index contributed by atoms with van der Waals surface area (Å²) in [5.41, 5.74) is 1.95. The van der Waals surface area contributed by atoms with Gasteiger partial charge in [-0.25, -0.2) is 4.39 Å². The maximum atomic E-state index is 13.0. The highest BCUT2D eigenvalue weighted by atomic mass is 19.1. The molecule has 0 radical (unpaired) electrons. The van der Waals surface area contributed by atoms with Crippen molar-refractivity contribution in [2.75, 3.05) is 26.2 Å². The number of carboxylic acids is 1. The van der Waals surface area contributed by atoms with Gasteiger partial charge >= 0.3 is 5.97 Å². The molecule has 0 spiro atoms. The van der Waals surface area contributed by atoms with Gasteiger partial charge in [0.1, 0.15) is 24.1 Å². The van der Waals surface area contributed by atoms with Gasteiger partial charge in [0.2, 0.25) is 0 Å². The summed E-state index contributed by atoms with van der Waals surface area (Å²) >= 11 is 0. The zero-order valence-corrected chi connectivity index (χ0v) is 17.2. The highest BCUT2D eigenvalue weighted by Crippen LogP contribution is 2.45. The number of carbonyl (C=O) groups is 1. The van der Waals surface area contributed by atoms with Crippen molar-refractivity contribution in [3.8, 4) is 11.8 Å². The molecule has 1 heterocycles. The summed E-state index contributed by atoms with van der Waals surface area (Å²) in [5.74, 6) is -0.223. The number of nitriles is 1. The lowest BCUT2D eigenvalue weighted by Crippen LogP contribution is -2.33. The van der Waals surface area contributed by atoms with E-state index in [0.717, 1.165) is 43.1 Å². The van der Waals surface area contributed by atoms with Gasteiger partial charge in [-0.05, 0) is 53.6 Å². The second-order valence-electron chi connectivity index (χ2n) is 8.34. The Labute approximate surface area is 181 Å². The van der Waals surface area contributed by atoms with Crippen LogP contribution in [0, 0.1) is 34.9 Å². The minimum absolute atomic E-state index is 0.191. The van der Waals surface area contributed by atoms with Crippen molar-refractivity contribution in [3.05, 3.63) is 65.5 Å². The second-order valence-corrected chi connectivity index (χ2v) is 8.34. The Kier molecular flexibility index (Phi) is 6.50. The molecular formula is C24H26FN3O3. The molecule has 4 rings (SSSR count). The van der Waals surface area contributed by atoms with Crippen molar-refractivity contribution in [2.24, 2.45) is 17.8 Å². The van der Waals surface area contributed by atoms with Crippen LogP contribution in [0.25, 0.3) is 0 Å². The van der Waals surface area contributed by atoms with E-state index in [1.54, 1.807) is 18.2 Å². The van der Waals surface area contributed by atoms with Gasteiger partial charge < -0.3 is 15.2 Å². The molecule has 1 unspecified atom stereocenters. The summed E-state index contributed by atoms with van der Waals surface area (Å²) in [6.07, 6.45) is 0.191. The first-order chi connectivity index (χ1) is 15.0. The fourth-order valence-corrected chi connectivity index (χ4v) is 4.43. The van der Waals surface area contributed by atoms with Crippen LogP contribution >= 0.6 is 0 Å². The molecule has 162 valence electrons. The SMILES string of the molecule is N#C[C@H](Cc1ccc(OCCN[C@H]2C3CN(Cc4ccc(F)cc4)C[C@@H]32)cc1)C(=O)O. The van der Waals surface area contributed by atoms with Crippen LogP contribution in [0.15, 0.2) is 48.5 Å². The lowest BCUT2D eigenvalue weighted by molar-refractivity contribution is -0.139. The Morgan fingerprint density at radius 3 is 2.42 bits per heavy atom. The smallest absolute Gasteiger partial charge is 0.321 e. The van der Waals surface area contributed by atoms with Gasteiger partial charge in [0.05, 0.1) is 6.07 Å². The van der Waals surface area contributed by atoms with Crippen molar-refractivity contribution in [1.82, 2.24) is 10.2 Å². The molecular weight excluding hydrogens is 397 g/mol. The minimum atomic E-state index is -1.10. The Bertz CT molecular complexity index is 930. The van der Waals surface area contributed by atoms with Crippen LogP contribution in [-0.4, -0.2) is 48.3 Å². The molecule has 4 atom stereocenters. The monoisotopic (exact) mass is 423 g/mol. The van der Waals surface area contributed by atoms with Crippen molar-refractivity contribution < 1.29 is 19.0 Å². The normalized spacial score (nSPS) is 23.0. The van der Waals surface area contributed by atoms with E-state index in [1.165, 1.54) is 12.1 Å². The van der Waals surface area contributed by atoms with E-state index in [-0.39, 0.29) is 12.2 Å². The first kappa shape index (κ1) is 21.3. The van der Waals surface area contributed by atoms with Gasteiger partial charge in [-0.1, -0.05) is 24.3 Å². The Balaban J connectivity index is 1.12. The molecule has 1 saturated carbocycles. The predicted octanol–water partition coefficient (Wildman–Crippen LogP) is 2.69. The van der Waals surface area contributed by atoms with E-state index >= 15 is 0 Å². The molecule has 2 aromatic carbocycles. The van der Waals surface area contributed by atoms with Crippen LogP contribution in [-0.2, 0) is 17.8 Å². The average Bonchev–Trinajstić information content (AvgIpc) is 3.21. The minimum Gasteiger partial charge on any atom is -0.492 e. The summed E-state index contributed by atoms with van der Waals surface area (Å²) in [4.78, 5) is 13.4. The number of hydrogen-bond acceptors (Lipinski definition) is 5. The predicted molar refractivity (Wildman–Crippen MR) is 113 cm³/mol. The summed E-state index contributed by atoms with van der Waals surface area (Å²) < 4.78 is 18.8. The first-order valence-corrected chi connectivity index (χ1v) is 10.6. The Hall–Kier alpha value is -2.95. The number of hydrogen-bond donors (Lipinski definition) is 2. The van der Waals surface area contributed by atoms with Crippen LogP contribution in [0.5, 0.6) is 5.75 Å². The molecule has 1 aliphatic heterocycles. The van der Waals surface area contributed by atoms with E-state index in [2.05, 4.69) is 10.2 Å². The number of likely N-dealkylation sites (tertiary alicyclic amines) is 1. The molecule has 1 saturated heterocycles. The van der Waals surface area contributed by atoms with E-state index in [0.29, 0.717) is 24.5 Å². The number of rotatable bonds is 10. The van der Waals surface area contributed by atoms with Crippen molar-refractivity contribution >= 4 is 5.97 Å². The molecule has 2 fully saturated rings. The third-order valence-corrected chi connectivity index (χ3v) is 6.16. The number of aliphatic carboxylic acids is 1.